The quantitative estimate of drug-likeness (QED) is 0.433. The van der Waals surface area contributed by atoms with Crippen LogP contribution in [0.3, 0.4) is 0 Å². The van der Waals surface area contributed by atoms with Crippen molar-refractivity contribution in [1.29, 1.82) is 0 Å². The van der Waals surface area contributed by atoms with E-state index >= 15 is 0 Å². The highest BCUT2D eigenvalue weighted by Gasteiger charge is 2.31. The summed E-state index contributed by atoms with van der Waals surface area (Å²) < 4.78 is 4.89. The predicted molar refractivity (Wildman–Crippen MR) is 39.7 cm³/mol. The lowest BCUT2D eigenvalue weighted by Crippen LogP contribution is -2.52. The zero-order valence-electron chi connectivity index (χ0n) is 6.19. The van der Waals surface area contributed by atoms with Gasteiger partial charge in [0.25, 0.3) is 0 Å². The fraction of sp³-hybridized carbons (Fsp3) is 0.714. The van der Waals surface area contributed by atoms with Crippen LogP contribution in [0.4, 0.5) is 0 Å². The molecule has 0 radical (unpaired) electrons. The van der Waals surface area contributed by atoms with Gasteiger partial charge in [0, 0.05) is 19.3 Å². The summed E-state index contributed by atoms with van der Waals surface area (Å²) in [5.41, 5.74) is 0. The van der Waals surface area contributed by atoms with Crippen LogP contribution < -0.4 is 0 Å². The number of morpholine rings is 1. The number of ether oxygens (including phenoxy) is 1. The van der Waals surface area contributed by atoms with Crippen LogP contribution in [0.25, 0.3) is 0 Å². The first-order valence-corrected chi connectivity index (χ1v) is 3.77. The van der Waals surface area contributed by atoms with Gasteiger partial charge in [0.05, 0.1) is 6.54 Å². The van der Waals surface area contributed by atoms with E-state index in [1.54, 1.807) is 0 Å². The molecule has 1 unspecified atom stereocenters. The smallest absolute Gasteiger partial charge is 0.325 e. The molecule has 60 valence electrons. The van der Waals surface area contributed by atoms with E-state index in [-0.39, 0.29) is 12.0 Å². The first kappa shape index (κ1) is 6.79. The molecule has 2 rings (SSSR count). The van der Waals surface area contributed by atoms with Crippen LogP contribution in [-0.4, -0.2) is 49.4 Å². The highest BCUT2D eigenvalue weighted by Crippen LogP contribution is 2.10. The summed E-state index contributed by atoms with van der Waals surface area (Å²) in [5, 5.41) is 0. The van der Waals surface area contributed by atoms with Crippen LogP contribution in [0.2, 0.25) is 0 Å². The Morgan fingerprint density at radius 1 is 1.73 bits per heavy atom. The van der Waals surface area contributed by atoms with E-state index in [0.717, 1.165) is 13.1 Å². The third kappa shape index (κ3) is 1.14. The molecular formula is C7H10N2O2. The lowest BCUT2D eigenvalue weighted by molar-refractivity contribution is -0.156. The first-order chi connectivity index (χ1) is 5.38. The third-order valence-corrected chi connectivity index (χ3v) is 2.06. The normalized spacial score (nSPS) is 31.3. The van der Waals surface area contributed by atoms with E-state index in [4.69, 9.17) is 4.74 Å². The molecule has 4 heteroatoms. The van der Waals surface area contributed by atoms with Crippen molar-refractivity contribution >= 4 is 12.2 Å². The molecule has 2 aliphatic heterocycles. The minimum atomic E-state index is -0.117. The Hall–Kier alpha value is -0.900. The second-order valence-electron chi connectivity index (χ2n) is 2.73. The number of aliphatic imine (C=N–C) groups is 1. The number of hydrogen-bond donors (Lipinski definition) is 0. The van der Waals surface area contributed by atoms with Crippen molar-refractivity contribution in [3.05, 3.63) is 0 Å². The molecule has 1 saturated heterocycles. The molecule has 1 atom stereocenters. The molecule has 0 amide bonds. The van der Waals surface area contributed by atoms with Gasteiger partial charge in [-0.15, -0.1) is 0 Å². The standard InChI is InChI=1S/C7H10N2O2/c10-7-6-5-8-1-2-9(6)3-4-11-7/h1,6H,2-5H2. The van der Waals surface area contributed by atoms with Crippen molar-refractivity contribution in [3.8, 4) is 0 Å². The third-order valence-electron chi connectivity index (χ3n) is 2.06. The molecule has 0 aromatic heterocycles. The van der Waals surface area contributed by atoms with E-state index < -0.39 is 0 Å². The van der Waals surface area contributed by atoms with Crippen molar-refractivity contribution in [2.75, 3.05) is 26.2 Å². The number of nitrogens with zero attached hydrogens (tertiary/aromatic N) is 2. The van der Waals surface area contributed by atoms with Gasteiger partial charge in [0.2, 0.25) is 0 Å². The van der Waals surface area contributed by atoms with Crippen LogP contribution in [0.15, 0.2) is 4.99 Å². The lowest BCUT2D eigenvalue weighted by atomic mass is 10.2. The number of fused-ring (bicyclic) bond motifs is 1. The van der Waals surface area contributed by atoms with Gasteiger partial charge in [-0.3, -0.25) is 14.7 Å². The number of esters is 1. The molecule has 0 aliphatic carbocycles. The Bertz CT molecular complexity index is 203. The van der Waals surface area contributed by atoms with Crippen LogP contribution in [-0.2, 0) is 9.53 Å². The van der Waals surface area contributed by atoms with E-state index in [2.05, 4.69) is 9.89 Å². The van der Waals surface area contributed by atoms with Crippen molar-refractivity contribution in [2.45, 2.75) is 6.04 Å². The zero-order chi connectivity index (χ0) is 7.68. The van der Waals surface area contributed by atoms with Gasteiger partial charge in [-0.1, -0.05) is 0 Å². The molecule has 11 heavy (non-hydrogen) atoms. The molecule has 0 saturated carbocycles. The fourth-order valence-electron chi connectivity index (χ4n) is 1.41. The second kappa shape index (κ2) is 2.62. The van der Waals surface area contributed by atoms with E-state index in [9.17, 15) is 4.79 Å². The maximum atomic E-state index is 11.1. The molecule has 0 bridgehead atoms. The van der Waals surface area contributed by atoms with Gasteiger partial charge >= 0.3 is 5.97 Å². The Morgan fingerprint density at radius 2 is 2.64 bits per heavy atom. The average Bonchev–Trinajstić information content (AvgIpc) is 2.06. The average molecular weight is 154 g/mol. The van der Waals surface area contributed by atoms with Crippen LogP contribution in [0.1, 0.15) is 0 Å². The predicted octanol–water partition coefficient (Wildman–Crippen LogP) is -0.702. The Balaban J connectivity index is 2.13. The highest BCUT2D eigenvalue weighted by molar-refractivity contribution is 5.78. The molecule has 0 N–H and O–H groups in total. The monoisotopic (exact) mass is 154 g/mol. The summed E-state index contributed by atoms with van der Waals surface area (Å²) in [6.45, 7) is 2.74. The Labute approximate surface area is 64.8 Å². The topological polar surface area (TPSA) is 41.9 Å². The summed E-state index contributed by atoms with van der Waals surface area (Å²) in [5.74, 6) is -0.117. The summed E-state index contributed by atoms with van der Waals surface area (Å²) in [4.78, 5) is 17.2. The summed E-state index contributed by atoms with van der Waals surface area (Å²) in [7, 11) is 0. The molecule has 2 aliphatic rings. The van der Waals surface area contributed by atoms with Gasteiger partial charge in [0.1, 0.15) is 12.6 Å². The SMILES string of the molecule is O=C1OCCN2CC=NCC12. The first-order valence-electron chi connectivity index (χ1n) is 3.77. The van der Waals surface area contributed by atoms with Gasteiger partial charge < -0.3 is 4.74 Å². The van der Waals surface area contributed by atoms with Crippen molar-refractivity contribution in [3.63, 3.8) is 0 Å². The van der Waals surface area contributed by atoms with Crippen LogP contribution in [0.5, 0.6) is 0 Å². The fourth-order valence-corrected chi connectivity index (χ4v) is 1.41. The lowest BCUT2D eigenvalue weighted by Gasteiger charge is -2.34. The zero-order valence-corrected chi connectivity index (χ0v) is 6.19. The molecular weight excluding hydrogens is 144 g/mol. The number of hydrogen-bond acceptors (Lipinski definition) is 4. The molecule has 1 fully saturated rings. The van der Waals surface area contributed by atoms with Gasteiger partial charge in [-0.05, 0) is 0 Å². The van der Waals surface area contributed by atoms with Crippen LogP contribution in [0, 0.1) is 0 Å². The van der Waals surface area contributed by atoms with Crippen molar-refractivity contribution in [1.82, 2.24) is 4.90 Å². The number of rotatable bonds is 0. The Morgan fingerprint density at radius 3 is 3.45 bits per heavy atom. The van der Waals surface area contributed by atoms with Crippen molar-refractivity contribution in [2.24, 2.45) is 4.99 Å². The van der Waals surface area contributed by atoms with Crippen LogP contribution >= 0.6 is 0 Å². The number of carbonyl (C=O) groups excluding carboxylic acids is 1. The molecule has 0 aromatic carbocycles. The Kier molecular flexibility index (Phi) is 1.62. The molecule has 4 nitrogen and oxygen atoms in total. The summed E-state index contributed by atoms with van der Waals surface area (Å²) >= 11 is 0. The van der Waals surface area contributed by atoms with E-state index in [0.29, 0.717) is 13.2 Å². The molecule has 2 heterocycles. The maximum absolute atomic E-state index is 11.1. The van der Waals surface area contributed by atoms with Gasteiger partial charge in [0.15, 0.2) is 0 Å². The molecule has 0 spiro atoms. The highest BCUT2D eigenvalue weighted by atomic mass is 16.5. The van der Waals surface area contributed by atoms with E-state index in [1.807, 2.05) is 6.21 Å². The van der Waals surface area contributed by atoms with E-state index in [1.165, 1.54) is 0 Å². The number of cyclic esters (lactones) is 1. The summed E-state index contributed by atoms with van der Waals surface area (Å²) in [6.07, 6.45) is 1.86. The minimum absolute atomic E-state index is 0.103. The number of carbonyl (C=O) groups is 1. The van der Waals surface area contributed by atoms with Gasteiger partial charge in [-0.25, -0.2) is 0 Å². The minimum Gasteiger partial charge on any atom is -0.463 e. The summed E-state index contributed by atoms with van der Waals surface area (Å²) in [6, 6.07) is -0.103. The maximum Gasteiger partial charge on any atom is 0.325 e. The second-order valence-corrected chi connectivity index (χ2v) is 2.73. The van der Waals surface area contributed by atoms with Gasteiger partial charge in [-0.2, -0.15) is 0 Å². The largest absolute Gasteiger partial charge is 0.463 e. The molecule has 0 aromatic rings. The van der Waals surface area contributed by atoms with Crippen molar-refractivity contribution < 1.29 is 9.53 Å².